The van der Waals surface area contributed by atoms with Crippen molar-refractivity contribution in [1.82, 2.24) is 0 Å². The Balaban J connectivity index is 3.03. The normalized spacial score (nSPS) is 10.2. The largest absolute Gasteiger partial charge is 0.294 e. The van der Waals surface area contributed by atoms with E-state index < -0.39 is 0 Å². The van der Waals surface area contributed by atoms with Gasteiger partial charge in [0.05, 0.1) is 0 Å². The fraction of sp³-hybridized carbons (Fsp3) is 0.300. The van der Waals surface area contributed by atoms with Gasteiger partial charge in [0.2, 0.25) is 0 Å². The van der Waals surface area contributed by atoms with Gasteiger partial charge in [-0.3, -0.25) is 4.79 Å². The lowest BCUT2D eigenvalue weighted by molar-refractivity contribution is 0.0989. The fourth-order valence-corrected chi connectivity index (χ4v) is 2.49. The van der Waals surface area contributed by atoms with Gasteiger partial charge < -0.3 is 0 Å². The molecule has 0 aliphatic carbocycles. The lowest BCUT2D eigenvalue weighted by Crippen LogP contribution is -2.02. The highest BCUT2D eigenvalue weighted by Gasteiger charge is 2.11. The Hall–Kier alpha value is 0.140. The molecule has 1 nitrogen and oxygen atoms in total. The van der Waals surface area contributed by atoms with E-state index in [9.17, 15) is 4.79 Å². The van der Waals surface area contributed by atoms with Crippen molar-refractivity contribution >= 4 is 49.2 Å². The van der Waals surface area contributed by atoms with Crippen molar-refractivity contribution in [2.24, 2.45) is 0 Å². The Morgan fingerprint density at radius 3 is 2.71 bits per heavy atom. The van der Waals surface area contributed by atoms with E-state index in [1.165, 1.54) is 0 Å². The smallest absolute Gasteiger partial charge is 0.164 e. The lowest BCUT2D eigenvalue weighted by Gasteiger charge is -2.05. The maximum atomic E-state index is 11.6. The van der Waals surface area contributed by atoms with E-state index in [4.69, 9.17) is 11.6 Å². The van der Waals surface area contributed by atoms with Crippen molar-refractivity contribution in [3.8, 4) is 0 Å². The molecule has 0 unspecified atom stereocenters. The van der Waals surface area contributed by atoms with Crippen molar-refractivity contribution in [2.75, 3.05) is 5.33 Å². The molecule has 0 aliphatic heterocycles. The molecule has 0 heterocycles. The molecule has 76 valence electrons. The Kier molecular flexibility index (Phi) is 5.13. The average Bonchev–Trinajstić information content (AvgIpc) is 2.18. The van der Waals surface area contributed by atoms with Gasteiger partial charge >= 0.3 is 0 Å². The van der Waals surface area contributed by atoms with Crippen LogP contribution in [0.5, 0.6) is 0 Å². The van der Waals surface area contributed by atoms with Gasteiger partial charge in [-0.25, -0.2) is 0 Å². The van der Waals surface area contributed by atoms with Crippen LogP contribution >= 0.6 is 43.5 Å². The van der Waals surface area contributed by atoms with Crippen LogP contribution in [0.25, 0.3) is 0 Å². The van der Waals surface area contributed by atoms with Crippen molar-refractivity contribution in [3.05, 3.63) is 33.8 Å². The minimum atomic E-state index is 0.126. The summed E-state index contributed by atoms with van der Waals surface area (Å²) in [4.78, 5) is 11.6. The Labute approximate surface area is 105 Å². The zero-order valence-corrected chi connectivity index (χ0v) is 11.3. The van der Waals surface area contributed by atoms with Crippen molar-refractivity contribution in [3.63, 3.8) is 0 Å². The van der Waals surface area contributed by atoms with Gasteiger partial charge in [0, 0.05) is 27.7 Å². The number of hydrogen-bond donors (Lipinski definition) is 0. The molecule has 0 aromatic heterocycles. The number of rotatable bonds is 4. The Morgan fingerprint density at radius 2 is 2.14 bits per heavy atom. The van der Waals surface area contributed by atoms with Crippen LogP contribution in [0.4, 0.5) is 0 Å². The quantitative estimate of drug-likeness (QED) is 0.594. The third-order valence-electron chi connectivity index (χ3n) is 1.84. The second-order valence-corrected chi connectivity index (χ2v) is 4.63. The number of ketones is 1. The molecule has 0 N–H and O–H groups in total. The first-order valence-corrected chi connectivity index (χ1v) is 6.58. The highest BCUT2D eigenvalue weighted by atomic mass is 79.9. The van der Waals surface area contributed by atoms with Crippen molar-refractivity contribution in [2.45, 2.75) is 12.3 Å². The average molecular weight is 340 g/mol. The zero-order chi connectivity index (χ0) is 10.6. The minimum Gasteiger partial charge on any atom is -0.294 e. The molecule has 14 heavy (non-hydrogen) atoms. The first-order valence-electron chi connectivity index (χ1n) is 4.13. The standard InChI is InChI=1S/C10H9Br2ClO/c11-5-4-9(14)8-3-1-2-7(6-13)10(8)12/h1-3H,4-6H2. The number of halogens is 3. The van der Waals surface area contributed by atoms with Crippen LogP contribution in [-0.4, -0.2) is 11.1 Å². The molecule has 1 aromatic rings. The van der Waals surface area contributed by atoms with Gasteiger partial charge in [0.15, 0.2) is 5.78 Å². The molecule has 1 rings (SSSR count). The maximum Gasteiger partial charge on any atom is 0.164 e. The van der Waals surface area contributed by atoms with Gasteiger partial charge in [-0.1, -0.05) is 34.1 Å². The predicted octanol–water partition coefficient (Wildman–Crippen LogP) is 4.16. The number of Topliss-reactive ketones (excluding diaryl/α,β-unsaturated/α-hetero) is 1. The van der Waals surface area contributed by atoms with Gasteiger partial charge in [0.1, 0.15) is 0 Å². The topological polar surface area (TPSA) is 17.1 Å². The summed E-state index contributed by atoms with van der Waals surface area (Å²) < 4.78 is 0.820. The van der Waals surface area contributed by atoms with Crippen molar-refractivity contribution in [1.29, 1.82) is 0 Å². The molecule has 0 saturated carbocycles. The molecule has 0 saturated heterocycles. The molecule has 0 aliphatic rings. The summed E-state index contributed by atoms with van der Waals surface area (Å²) in [7, 11) is 0. The van der Waals surface area contributed by atoms with Crippen LogP contribution in [-0.2, 0) is 5.88 Å². The number of alkyl halides is 2. The van der Waals surface area contributed by atoms with Gasteiger partial charge in [-0.2, -0.15) is 0 Å². The molecule has 0 spiro atoms. The Bertz CT molecular complexity index is 339. The second kappa shape index (κ2) is 5.89. The van der Waals surface area contributed by atoms with Crippen LogP contribution < -0.4 is 0 Å². The number of carbonyl (C=O) groups excluding carboxylic acids is 1. The fourth-order valence-electron chi connectivity index (χ4n) is 1.12. The Morgan fingerprint density at radius 1 is 1.43 bits per heavy atom. The van der Waals surface area contributed by atoms with E-state index in [1.54, 1.807) is 0 Å². The highest BCUT2D eigenvalue weighted by Crippen LogP contribution is 2.24. The molecule has 4 heteroatoms. The molecular weight excluding hydrogens is 331 g/mol. The van der Waals surface area contributed by atoms with Crippen LogP contribution in [0.15, 0.2) is 22.7 Å². The SMILES string of the molecule is O=C(CCBr)c1cccc(CCl)c1Br. The monoisotopic (exact) mass is 338 g/mol. The van der Waals surface area contributed by atoms with Gasteiger partial charge in [-0.05, 0) is 21.5 Å². The molecule has 1 aromatic carbocycles. The molecule has 0 radical (unpaired) electrons. The van der Waals surface area contributed by atoms with E-state index in [2.05, 4.69) is 31.9 Å². The number of hydrogen-bond acceptors (Lipinski definition) is 1. The lowest BCUT2D eigenvalue weighted by atomic mass is 10.1. The van der Waals surface area contributed by atoms with Crippen LogP contribution in [0, 0.1) is 0 Å². The van der Waals surface area contributed by atoms with Crippen molar-refractivity contribution < 1.29 is 4.79 Å². The summed E-state index contributed by atoms with van der Waals surface area (Å²) in [5, 5.41) is 0.684. The molecular formula is C10H9Br2ClO. The molecule has 0 atom stereocenters. The summed E-state index contributed by atoms with van der Waals surface area (Å²) in [5.74, 6) is 0.538. The highest BCUT2D eigenvalue weighted by molar-refractivity contribution is 9.10. The summed E-state index contributed by atoms with van der Waals surface area (Å²) >= 11 is 12.4. The van der Waals surface area contributed by atoms with Gasteiger partial charge in [-0.15, -0.1) is 11.6 Å². The summed E-state index contributed by atoms with van der Waals surface area (Å²) in [5.41, 5.74) is 1.66. The summed E-state index contributed by atoms with van der Waals surface area (Å²) in [6, 6.07) is 5.57. The summed E-state index contributed by atoms with van der Waals surface area (Å²) in [6.07, 6.45) is 0.504. The number of benzene rings is 1. The third kappa shape index (κ3) is 2.81. The second-order valence-electron chi connectivity index (χ2n) is 2.77. The van der Waals surface area contributed by atoms with E-state index in [1.807, 2.05) is 18.2 Å². The van der Waals surface area contributed by atoms with E-state index in [0.29, 0.717) is 23.2 Å². The minimum absolute atomic E-state index is 0.126. The third-order valence-corrected chi connectivity index (χ3v) is 3.47. The van der Waals surface area contributed by atoms with Crippen LogP contribution in [0.3, 0.4) is 0 Å². The maximum absolute atomic E-state index is 11.6. The first kappa shape index (κ1) is 12.2. The first-order chi connectivity index (χ1) is 6.70. The summed E-state index contributed by atoms with van der Waals surface area (Å²) in [6.45, 7) is 0. The zero-order valence-electron chi connectivity index (χ0n) is 7.40. The predicted molar refractivity (Wildman–Crippen MR) is 66.4 cm³/mol. The molecule has 0 bridgehead atoms. The van der Waals surface area contributed by atoms with E-state index >= 15 is 0 Å². The number of carbonyl (C=O) groups is 1. The molecule has 0 fully saturated rings. The van der Waals surface area contributed by atoms with Gasteiger partial charge in [0.25, 0.3) is 0 Å². The van der Waals surface area contributed by atoms with Crippen LogP contribution in [0.2, 0.25) is 0 Å². The molecule has 0 amide bonds. The van der Waals surface area contributed by atoms with Crippen LogP contribution in [0.1, 0.15) is 22.3 Å². The van der Waals surface area contributed by atoms with E-state index in [0.717, 1.165) is 10.0 Å². The van der Waals surface area contributed by atoms with E-state index in [-0.39, 0.29) is 5.78 Å².